The van der Waals surface area contributed by atoms with Crippen molar-refractivity contribution in [3.05, 3.63) is 53.9 Å². The summed E-state index contributed by atoms with van der Waals surface area (Å²) in [7, 11) is 0. The van der Waals surface area contributed by atoms with Crippen molar-refractivity contribution in [3.63, 3.8) is 0 Å². The molecular weight excluding hydrogens is 366 g/mol. The lowest BCUT2D eigenvalue weighted by atomic mass is 9.72. The molecule has 0 atom stereocenters. The third-order valence-electron chi connectivity index (χ3n) is 4.50. The van der Waals surface area contributed by atoms with Crippen molar-refractivity contribution < 1.29 is 22.0 Å². The summed E-state index contributed by atoms with van der Waals surface area (Å²) in [6, 6.07) is 6.32. The number of nitrogens with zero attached hydrogens (tertiary/aromatic N) is 4. The van der Waals surface area contributed by atoms with Crippen LogP contribution in [0, 0.1) is 5.82 Å². The van der Waals surface area contributed by atoms with Gasteiger partial charge in [-0.3, -0.25) is 0 Å². The highest BCUT2D eigenvalue weighted by Crippen LogP contribution is 2.43. The summed E-state index contributed by atoms with van der Waals surface area (Å²) >= 11 is 0. The lowest BCUT2D eigenvalue weighted by Crippen LogP contribution is -2.42. The smallest absolute Gasteiger partial charge is 0.413 e. The quantitative estimate of drug-likeness (QED) is 0.686. The Balaban J connectivity index is 1.55. The van der Waals surface area contributed by atoms with Gasteiger partial charge in [-0.25, -0.2) is 14.4 Å². The predicted molar refractivity (Wildman–Crippen MR) is 85.9 cm³/mol. The molecule has 1 aromatic carbocycles. The SMILES string of the molecule is Fc1cccc(C2(Nc3ncc(-c4nnc(C(F)(F)F)o4)cn3)CCC2)c1. The number of halogens is 4. The summed E-state index contributed by atoms with van der Waals surface area (Å²) in [5.41, 5.74) is 0.502. The van der Waals surface area contributed by atoms with E-state index < -0.39 is 17.6 Å². The van der Waals surface area contributed by atoms with Crippen molar-refractivity contribution in [2.45, 2.75) is 31.0 Å². The number of nitrogens with one attached hydrogen (secondary N) is 1. The summed E-state index contributed by atoms with van der Waals surface area (Å²) in [5.74, 6) is -1.80. The first-order chi connectivity index (χ1) is 12.9. The maximum atomic E-state index is 13.6. The molecule has 10 heteroatoms. The molecule has 1 N–H and O–H groups in total. The third-order valence-corrected chi connectivity index (χ3v) is 4.50. The van der Waals surface area contributed by atoms with Gasteiger partial charge in [-0.2, -0.15) is 13.2 Å². The van der Waals surface area contributed by atoms with Crippen LogP contribution in [0.4, 0.5) is 23.5 Å². The van der Waals surface area contributed by atoms with E-state index in [0.717, 1.165) is 24.8 Å². The number of benzene rings is 1. The van der Waals surface area contributed by atoms with Crippen LogP contribution in [0.1, 0.15) is 30.7 Å². The van der Waals surface area contributed by atoms with E-state index in [1.165, 1.54) is 24.5 Å². The van der Waals surface area contributed by atoms with Gasteiger partial charge in [0.15, 0.2) is 0 Å². The van der Waals surface area contributed by atoms with E-state index in [9.17, 15) is 17.6 Å². The van der Waals surface area contributed by atoms with Gasteiger partial charge in [0.2, 0.25) is 5.95 Å². The van der Waals surface area contributed by atoms with Crippen molar-refractivity contribution in [2.24, 2.45) is 0 Å². The Bertz CT molecular complexity index is 950. The van der Waals surface area contributed by atoms with Gasteiger partial charge in [0.05, 0.1) is 11.1 Å². The van der Waals surface area contributed by atoms with Crippen LogP contribution in [0.3, 0.4) is 0 Å². The van der Waals surface area contributed by atoms with Gasteiger partial charge in [0.25, 0.3) is 5.89 Å². The number of alkyl halides is 3. The topological polar surface area (TPSA) is 76.7 Å². The maximum Gasteiger partial charge on any atom is 0.470 e. The minimum atomic E-state index is -4.71. The molecule has 0 saturated heterocycles. The van der Waals surface area contributed by atoms with Crippen LogP contribution in [-0.2, 0) is 11.7 Å². The Morgan fingerprint density at radius 1 is 1.07 bits per heavy atom. The number of hydrogen-bond acceptors (Lipinski definition) is 6. The molecule has 0 bridgehead atoms. The molecule has 2 aromatic heterocycles. The van der Waals surface area contributed by atoms with Gasteiger partial charge in [-0.1, -0.05) is 12.1 Å². The summed E-state index contributed by atoms with van der Waals surface area (Å²) in [6.07, 6.45) is 0.432. The molecule has 4 rings (SSSR count). The molecule has 2 heterocycles. The molecule has 0 amide bonds. The highest BCUT2D eigenvalue weighted by molar-refractivity contribution is 5.51. The second-order valence-corrected chi connectivity index (χ2v) is 6.28. The normalized spacial score (nSPS) is 16.0. The minimum absolute atomic E-state index is 0.164. The Kier molecular flexibility index (Phi) is 4.05. The average molecular weight is 379 g/mol. The van der Waals surface area contributed by atoms with Gasteiger partial charge in [-0.15, -0.1) is 10.2 Å². The molecule has 140 valence electrons. The van der Waals surface area contributed by atoms with Crippen LogP contribution in [0.5, 0.6) is 0 Å². The molecule has 0 spiro atoms. The maximum absolute atomic E-state index is 13.6. The van der Waals surface area contributed by atoms with Gasteiger partial charge in [-0.05, 0) is 37.0 Å². The first-order valence-electron chi connectivity index (χ1n) is 8.13. The number of aromatic nitrogens is 4. The highest BCUT2D eigenvalue weighted by Gasteiger charge is 2.40. The van der Waals surface area contributed by atoms with Crippen LogP contribution in [-0.4, -0.2) is 20.2 Å². The van der Waals surface area contributed by atoms with Crippen molar-refractivity contribution in [1.82, 2.24) is 20.2 Å². The van der Waals surface area contributed by atoms with Crippen LogP contribution in [0.2, 0.25) is 0 Å². The fraction of sp³-hybridized carbons (Fsp3) is 0.294. The van der Waals surface area contributed by atoms with Gasteiger partial charge >= 0.3 is 12.1 Å². The van der Waals surface area contributed by atoms with Gasteiger partial charge in [0.1, 0.15) is 5.82 Å². The molecule has 1 aliphatic rings. The molecule has 0 aliphatic heterocycles. The summed E-state index contributed by atoms with van der Waals surface area (Å²) in [4.78, 5) is 8.23. The zero-order chi connectivity index (χ0) is 19.1. The number of anilines is 1. The van der Waals surface area contributed by atoms with Crippen LogP contribution >= 0.6 is 0 Å². The molecular formula is C17H13F4N5O. The fourth-order valence-corrected chi connectivity index (χ4v) is 2.97. The van der Waals surface area contributed by atoms with E-state index in [1.807, 2.05) is 6.07 Å². The lowest BCUT2D eigenvalue weighted by Gasteiger charge is -2.43. The van der Waals surface area contributed by atoms with E-state index in [-0.39, 0.29) is 23.2 Å². The molecule has 1 saturated carbocycles. The summed E-state index contributed by atoms with van der Waals surface area (Å²) in [5, 5.41) is 9.54. The lowest BCUT2D eigenvalue weighted by molar-refractivity contribution is -0.156. The van der Waals surface area contributed by atoms with Crippen molar-refractivity contribution in [1.29, 1.82) is 0 Å². The van der Waals surface area contributed by atoms with Crippen molar-refractivity contribution in [2.75, 3.05) is 5.32 Å². The van der Waals surface area contributed by atoms with Crippen molar-refractivity contribution in [3.8, 4) is 11.5 Å². The zero-order valence-corrected chi connectivity index (χ0v) is 13.8. The van der Waals surface area contributed by atoms with E-state index in [2.05, 4.69) is 29.9 Å². The predicted octanol–water partition coefficient (Wildman–Crippen LogP) is 4.18. The first kappa shape index (κ1) is 17.4. The van der Waals surface area contributed by atoms with Crippen LogP contribution in [0.15, 0.2) is 41.1 Å². The van der Waals surface area contributed by atoms with E-state index in [0.29, 0.717) is 0 Å². The minimum Gasteiger partial charge on any atom is -0.413 e. The molecule has 6 nitrogen and oxygen atoms in total. The molecule has 0 radical (unpaired) electrons. The fourth-order valence-electron chi connectivity index (χ4n) is 2.97. The van der Waals surface area contributed by atoms with Crippen molar-refractivity contribution >= 4 is 5.95 Å². The Labute approximate surface area is 150 Å². The molecule has 3 aromatic rings. The Hall–Kier alpha value is -3.04. The molecule has 1 fully saturated rings. The van der Waals surface area contributed by atoms with E-state index in [1.54, 1.807) is 6.07 Å². The largest absolute Gasteiger partial charge is 0.470 e. The Morgan fingerprint density at radius 2 is 1.81 bits per heavy atom. The van der Waals surface area contributed by atoms with E-state index in [4.69, 9.17) is 0 Å². The molecule has 1 aliphatic carbocycles. The summed E-state index contributed by atoms with van der Waals surface area (Å²) < 4.78 is 55.8. The monoisotopic (exact) mass is 379 g/mol. The van der Waals surface area contributed by atoms with Crippen LogP contribution < -0.4 is 5.32 Å². The third kappa shape index (κ3) is 3.34. The zero-order valence-electron chi connectivity index (χ0n) is 13.8. The standard InChI is InChI=1S/C17H13F4N5O/c18-12-4-1-3-11(7-12)16(5-2-6-16)24-15-22-8-10(9-23-15)13-25-26-14(27-13)17(19,20)21/h1,3-4,7-9H,2,5-6H2,(H,22,23,24). The number of hydrogen-bond donors (Lipinski definition) is 1. The number of rotatable bonds is 4. The van der Waals surface area contributed by atoms with Gasteiger partial charge in [0, 0.05) is 12.4 Å². The highest BCUT2D eigenvalue weighted by atomic mass is 19.4. The van der Waals surface area contributed by atoms with Gasteiger partial charge < -0.3 is 9.73 Å². The average Bonchev–Trinajstić information content (AvgIpc) is 3.09. The molecule has 27 heavy (non-hydrogen) atoms. The first-order valence-corrected chi connectivity index (χ1v) is 8.13. The second-order valence-electron chi connectivity index (χ2n) is 6.28. The second kappa shape index (κ2) is 6.29. The van der Waals surface area contributed by atoms with Crippen LogP contribution in [0.25, 0.3) is 11.5 Å². The van der Waals surface area contributed by atoms with E-state index >= 15 is 0 Å². The summed E-state index contributed by atoms with van der Waals surface area (Å²) in [6.45, 7) is 0. The molecule has 0 unspecified atom stereocenters. The Morgan fingerprint density at radius 3 is 2.37 bits per heavy atom.